The van der Waals surface area contributed by atoms with Gasteiger partial charge in [-0.1, -0.05) is 179 Å². The maximum Gasteiger partial charge on any atom is 0.355 e. The summed E-state index contributed by atoms with van der Waals surface area (Å²) in [5.41, 5.74) is 13.3. The second-order valence-electron chi connectivity index (χ2n) is 19.6. The first-order valence-electron chi connectivity index (χ1n) is 27.5. The van der Waals surface area contributed by atoms with Crippen molar-refractivity contribution in [3.05, 3.63) is 298 Å². The molecule has 18 heteroatoms. The van der Waals surface area contributed by atoms with E-state index in [4.69, 9.17) is 67.5 Å². The third kappa shape index (κ3) is 19.8. The quantitative estimate of drug-likeness (QED) is 0.0438. The van der Waals surface area contributed by atoms with E-state index in [1.165, 1.54) is 13.0 Å². The highest BCUT2D eigenvalue weighted by atomic mass is 35.5. The van der Waals surface area contributed by atoms with Gasteiger partial charge in [0.05, 0.1) is 18.1 Å². The molecule has 3 aromatic heterocycles. The lowest BCUT2D eigenvalue weighted by atomic mass is 10.0. The summed E-state index contributed by atoms with van der Waals surface area (Å²) >= 11 is 29.0. The van der Waals surface area contributed by atoms with Gasteiger partial charge in [-0.2, -0.15) is 0 Å². The standard InChI is InChI=1S/C21H20ClNO2.C19H16ClNO2.C14H14ClNO2.C9H8ClNO2.C7H5ClO/c1-3-25-21(24)20-19(17-9-11-18(22)12-10-17)15(2)13-23(20)14-16-7-5-4-6-8-16;1-13-11-21(12-14-5-3-2-4-6-14)18(19(22)23)17(13)15-7-9-16(20)10-8-15;1-3-18-14(17)13-12(9(2)8-16-13)10-4-6-11(15)7-5-10;1-7(11(12)13)6-8-2-4-9(10)5-3-8;8-7-3-1-6(5-9)2-4-7/h4-13H,3,14H2,1-2H3;2-11H,12H2,1H3,(H,22,23);4-8,16H,3H2,1-2H3;2-6H,1H3;1-5H/b;;;7-6+;. The van der Waals surface area contributed by atoms with Crippen LogP contribution in [0.3, 0.4) is 0 Å². The number of halogens is 5. The van der Waals surface area contributed by atoms with Gasteiger partial charge in [0.1, 0.15) is 23.4 Å². The third-order valence-corrected chi connectivity index (χ3v) is 14.4. The Morgan fingerprint density at radius 3 is 1.27 bits per heavy atom. The highest BCUT2D eigenvalue weighted by Gasteiger charge is 2.24. The number of esters is 2. The summed E-state index contributed by atoms with van der Waals surface area (Å²) in [5, 5.41) is 23.2. The van der Waals surface area contributed by atoms with Crippen molar-refractivity contribution in [1.82, 2.24) is 14.1 Å². The fourth-order valence-corrected chi connectivity index (χ4v) is 9.71. The van der Waals surface area contributed by atoms with Gasteiger partial charge in [-0.25, -0.2) is 14.4 Å². The zero-order valence-corrected chi connectivity index (χ0v) is 52.8. The molecule has 0 bridgehead atoms. The number of H-pyrrole nitrogens is 1. The van der Waals surface area contributed by atoms with Gasteiger partial charge in [-0.05, 0) is 145 Å². The van der Waals surface area contributed by atoms with E-state index >= 15 is 0 Å². The lowest BCUT2D eigenvalue weighted by Gasteiger charge is -2.11. The molecule has 88 heavy (non-hydrogen) atoms. The first-order valence-corrected chi connectivity index (χ1v) is 29.4. The second-order valence-corrected chi connectivity index (χ2v) is 21.7. The monoisotopic (exact) mass is 1280 g/mol. The zero-order valence-electron chi connectivity index (χ0n) is 49.0. The van der Waals surface area contributed by atoms with Crippen molar-refractivity contribution in [2.75, 3.05) is 13.2 Å². The van der Waals surface area contributed by atoms with Crippen LogP contribution in [-0.2, 0) is 22.6 Å². The van der Waals surface area contributed by atoms with Crippen molar-refractivity contribution in [3.8, 4) is 33.4 Å². The molecular weight excluding hydrogens is 1220 g/mol. The number of aryl methyl sites for hydroxylation is 3. The lowest BCUT2D eigenvalue weighted by molar-refractivity contribution is -0.422. The van der Waals surface area contributed by atoms with E-state index in [2.05, 4.69) is 4.98 Å². The van der Waals surface area contributed by atoms with Gasteiger partial charge in [0.15, 0.2) is 0 Å². The summed E-state index contributed by atoms with van der Waals surface area (Å²) in [7, 11) is 0. The number of aromatic amines is 1. The Balaban J connectivity index is 0.000000182. The number of nitro groups is 1. The smallest absolute Gasteiger partial charge is 0.355 e. The Bertz CT molecular complexity index is 3960. The van der Waals surface area contributed by atoms with E-state index in [-0.39, 0.29) is 17.6 Å². The molecule has 10 aromatic rings. The Hall–Kier alpha value is -8.95. The van der Waals surface area contributed by atoms with E-state index < -0.39 is 10.9 Å². The van der Waals surface area contributed by atoms with Gasteiger partial charge in [0.25, 0.3) is 0 Å². The number of hydrogen-bond donors (Lipinski definition) is 2. The molecule has 0 saturated carbocycles. The van der Waals surface area contributed by atoms with Crippen LogP contribution in [0.1, 0.15) is 96.0 Å². The van der Waals surface area contributed by atoms with Crippen LogP contribution in [-0.4, -0.2) is 61.6 Å². The van der Waals surface area contributed by atoms with Gasteiger partial charge in [-0.15, -0.1) is 0 Å². The molecule has 0 unspecified atom stereocenters. The molecule has 0 saturated heterocycles. The molecule has 0 aliphatic carbocycles. The maximum atomic E-state index is 12.7. The molecule has 0 spiro atoms. The normalized spacial score (nSPS) is 10.6. The van der Waals surface area contributed by atoms with Crippen molar-refractivity contribution in [2.45, 2.75) is 54.6 Å². The van der Waals surface area contributed by atoms with Crippen LogP contribution in [0.4, 0.5) is 0 Å². The summed E-state index contributed by atoms with van der Waals surface area (Å²) in [6, 6.07) is 55.6. The van der Waals surface area contributed by atoms with Crippen LogP contribution in [0.15, 0.2) is 206 Å². The number of carboxylic acid groups (broad SMARTS) is 1. The molecule has 0 atom stereocenters. The van der Waals surface area contributed by atoms with Crippen LogP contribution in [0.5, 0.6) is 0 Å². The Morgan fingerprint density at radius 1 is 0.523 bits per heavy atom. The summed E-state index contributed by atoms with van der Waals surface area (Å²) in [4.78, 5) is 59.2. The fraction of sp³-hybridized carbons (Fsp3) is 0.143. The third-order valence-electron chi connectivity index (χ3n) is 13.1. The van der Waals surface area contributed by atoms with E-state index in [1.807, 2.05) is 154 Å². The Kier molecular flexibility index (Phi) is 26.2. The lowest BCUT2D eigenvalue weighted by Crippen LogP contribution is -2.13. The van der Waals surface area contributed by atoms with Crippen LogP contribution >= 0.6 is 58.0 Å². The molecule has 3 heterocycles. The fourth-order valence-electron chi connectivity index (χ4n) is 9.08. The van der Waals surface area contributed by atoms with Crippen molar-refractivity contribution in [1.29, 1.82) is 0 Å². The van der Waals surface area contributed by atoms with Crippen molar-refractivity contribution in [3.63, 3.8) is 0 Å². The molecule has 0 radical (unpaired) electrons. The molecule has 0 aliphatic heterocycles. The number of carbonyl (C=O) groups is 4. The van der Waals surface area contributed by atoms with E-state index in [1.54, 1.807) is 90.5 Å². The number of aromatic carboxylic acids is 1. The van der Waals surface area contributed by atoms with Crippen molar-refractivity contribution < 1.29 is 38.7 Å². The van der Waals surface area contributed by atoms with Gasteiger partial charge in [0, 0.05) is 92.0 Å². The second kappa shape index (κ2) is 33.8. The van der Waals surface area contributed by atoms with E-state index in [9.17, 15) is 34.4 Å². The number of carboxylic acids is 1. The average Bonchev–Trinajstić information content (AvgIpc) is 4.42. The number of carbonyl (C=O) groups excluding carboxylic acids is 3. The largest absolute Gasteiger partial charge is 0.477 e. The molecule has 7 aromatic carbocycles. The number of benzene rings is 7. The Morgan fingerprint density at radius 2 is 0.886 bits per heavy atom. The van der Waals surface area contributed by atoms with Gasteiger partial charge >= 0.3 is 17.9 Å². The molecule has 0 fully saturated rings. The predicted octanol–water partition coefficient (Wildman–Crippen LogP) is 19.2. The Labute approximate surface area is 536 Å². The number of allylic oxidation sites excluding steroid dienone is 1. The first kappa shape index (κ1) is 68.2. The minimum atomic E-state index is -0.931. The molecule has 10 rings (SSSR count). The van der Waals surface area contributed by atoms with Crippen molar-refractivity contribution in [2.24, 2.45) is 0 Å². The minimum Gasteiger partial charge on any atom is -0.477 e. The highest BCUT2D eigenvalue weighted by Crippen LogP contribution is 2.34. The average molecular weight is 1280 g/mol. The molecule has 0 amide bonds. The zero-order chi connectivity index (χ0) is 63.9. The molecule has 13 nitrogen and oxygen atoms in total. The first-order chi connectivity index (χ1) is 42.2. The predicted molar refractivity (Wildman–Crippen MR) is 354 cm³/mol. The van der Waals surface area contributed by atoms with E-state index in [0.29, 0.717) is 74.1 Å². The topological polar surface area (TPSA) is 176 Å². The molecule has 0 aliphatic rings. The summed E-state index contributed by atoms with van der Waals surface area (Å²) < 4.78 is 14.1. The number of aromatic nitrogens is 3. The number of nitrogens with one attached hydrogen (secondary N) is 1. The SMILES string of the molecule is C/C(=C\c1ccc(Cl)cc1)[N+](=O)[O-].CCOC(=O)c1[nH]cc(C)c1-c1ccc(Cl)cc1.CCOC(=O)c1c(-c2ccc(Cl)cc2)c(C)cn1Cc1ccccc1.Cc1cn(Cc2ccccc2)c(C(=O)O)c1-c1ccc(Cl)cc1.O=Cc1ccc(Cl)cc1. The summed E-state index contributed by atoms with van der Waals surface area (Å²) in [6.45, 7) is 12.8. The van der Waals surface area contributed by atoms with Gasteiger partial charge < -0.3 is 28.7 Å². The number of rotatable bonds is 15. The maximum absolute atomic E-state index is 12.7. The van der Waals surface area contributed by atoms with Crippen LogP contribution in [0.25, 0.3) is 39.5 Å². The molecule has 2 N–H and O–H groups in total. The number of nitrogens with zero attached hydrogens (tertiary/aromatic N) is 3. The van der Waals surface area contributed by atoms with E-state index in [0.717, 1.165) is 73.0 Å². The number of hydrogen-bond acceptors (Lipinski definition) is 8. The summed E-state index contributed by atoms with van der Waals surface area (Å²) in [5.74, 6) is -1.58. The summed E-state index contributed by atoms with van der Waals surface area (Å²) in [6.07, 6.45) is 7.98. The van der Waals surface area contributed by atoms with Crippen molar-refractivity contribution >= 4 is 88.3 Å². The van der Waals surface area contributed by atoms with Crippen LogP contribution in [0.2, 0.25) is 25.1 Å². The highest BCUT2D eigenvalue weighted by molar-refractivity contribution is 6.32. The van der Waals surface area contributed by atoms with Crippen LogP contribution in [0, 0.1) is 30.9 Å². The van der Waals surface area contributed by atoms with Gasteiger partial charge in [-0.3, -0.25) is 14.9 Å². The number of ether oxygens (including phenoxy) is 2. The van der Waals surface area contributed by atoms with Crippen LogP contribution < -0.4 is 0 Å². The van der Waals surface area contributed by atoms with Gasteiger partial charge in [0.2, 0.25) is 5.70 Å². The molecular formula is C70H63Cl5N4O9. The minimum absolute atomic E-state index is 0.113. The number of aldehydes is 1. The molecule has 452 valence electrons.